The quantitative estimate of drug-likeness (QED) is 0.414. The Morgan fingerprint density at radius 3 is 1.00 bits per heavy atom. The second kappa shape index (κ2) is 7.43. The van der Waals surface area contributed by atoms with E-state index in [1.807, 2.05) is 0 Å². The molecular formula is C12H10F17N. The van der Waals surface area contributed by atoms with Gasteiger partial charge in [-0.1, -0.05) is 6.92 Å². The predicted molar refractivity (Wildman–Crippen MR) is 63.3 cm³/mol. The van der Waals surface area contributed by atoms with Gasteiger partial charge in [-0.15, -0.1) is 0 Å². The van der Waals surface area contributed by atoms with Crippen LogP contribution < -0.4 is 5.73 Å². The molecule has 0 aromatic rings. The number of alkyl halides is 17. The number of halogens is 17. The van der Waals surface area contributed by atoms with E-state index in [4.69, 9.17) is 0 Å². The topological polar surface area (TPSA) is 26.0 Å². The average Bonchev–Trinajstić information content (AvgIpc) is 2.48. The van der Waals surface area contributed by atoms with Gasteiger partial charge in [0.2, 0.25) is 0 Å². The van der Waals surface area contributed by atoms with E-state index >= 15 is 0 Å². The van der Waals surface area contributed by atoms with Gasteiger partial charge in [-0.25, -0.2) is 0 Å². The molecule has 0 aliphatic carbocycles. The van der Waals surface area contributed by atoms with Crippen molar-refractivity contribution in [2.45, 2.75) is 67.5 Å². The summed E-state index contributed by atoms with van der Waals surface area (Å²) in [6.45, 7) is -0.0273. The Labute approximate surface area is 155 Å². The monoisotopic (exact) mass is 491 g/mol. The highest BCUT2D eigenvalue weighted by molar-refractivity contribution is 5.18. The van der Waals surface area contributed by atoms with Crippen LogP contribution in [-0.4, -0.2) is 47.8 Å². The van der Waals surface area contributed by atoms with Crippen LogP contribution in [0.4, 0.5) is 74.6 Å². The van der Waals surface area contributed by atoms with E-state index in [0.717, 1.165) is 0 Å². The van der Waals surface area contributed by atoms with Crippen LogP contribution in [-0.2, 0) is 0 Å². The van der Waals surface area contributed by atoms with Crippen molar-refractivity contribution >= 4 is 0 Å². The van der Waals surface area contributed by atoms with E-state index in [1.54, 1.807) is 0 Å². The lowest BCUT2D eigenvalue weighted by Crippen LogP contribution is -2.79. The number of hydrogen-bond acceptors (Lipinski definition) is 1. The van der Waals surface area contributed by atoms with E-state index in [0.29, 0.717) is 0 Å². The molecule has 1 atom stereocenters. The number of nitrogens with two attached hydrogens (primary N) is 1. The summed E-state index contributed by atoms with van der Waals surface area (Å²) in [4.78, 5) is 0. The maximum atomic E-state index is 13.9. The Morgan fingerprint density at radius 1 is 0.533 bits per heavy atom. The summed E-state index contributed by atoms with van der Waals surface area (Å²) in [5.41, 5.74) is -2.45. The summed E-state index contributed by atoms with van der Waals surface area (Å²) >= 11 is 0. The first kappa shape index (κ1) is 28.8. The lowest BCUT2D eigenvalue weighted by Gasteiger charge is -2.47. The van der Waals surface area contributed by atoms with Crippen molar-refractivity contribution in [1.82, 2.24) is 0 Å². The van der Waals surface area contributed by atoms with Gasteiger partial charge in [-0.05, 0) is 12.8 Å². The van der Waals surface area contributed by atoms with Crippen LogP contribution in [0.2, 0.25) is 0 Å². The van der Waals surface area contributed by atoms with Gasteiger partial charge in [0.05, 0.1) is 5.92 Å². The summed E-state index contributed by atoms with van der Waals surface area (Å²) in [6.07, 6.45) is -26.0. The molecule has 0 bridgehead atoms. The fourth-order valence-electron chi connectivity index (χ4n) is 2.04. The minimum absolute atomic E-state index is 0.0273. The minimum Gasteiger partial charge on any atom is -0.315 e. The molecule has 0 heterocycles. The molecular weight excluding hydrogens is 481 g/mol. The molecule has 0 saturated heterocycles. The summed E-state index contributed by atoms with van der Waals surface area (Å²) in [6, 6.07) is 0. The standard InChI is InChI=1S/C12H10F17N/c1-4(6(13,14)15)2-3-5(30,7(16,17)9(20,21)11(24,25)26)8(18,19)10(22,23)12(27,28)29/h4H,2-3,30H2,1H3. The molecule has 18 heteroatoms. The molecule has 30 heavy (non-hydrogen) atoms. The van der Waals surface area contributed by atoms with Crippen LogP contribution in [0.15, 0.2) is 0 Å². The lowest BCUT2D eigenvalue weighted by atomic mass is 9.74. The fourth-order valence-corrected chi connectivity index (χ4v) is 2.04. The first-order valence-electron chi connectivity index (χ1n) is 7.13. The first-order valence-corrected chi connectivity index (χ1v) is 7.13. The van der Waals surface area contributed by atoms with Crippen molar-refractivity contribution in [2.75, 3.05) is 0 Å². The molecule has 0 aliphatic heterocycles. The summed E-state index contributed by atoms with van der Waals surface area (Å²) < 4.78 is 219. The van der Waals surface area contributed by atoms with Crippen LogP contribution in [0.5, 0.6) is 0 Å². The van der Waals surface area contributed by atoms with Crippen molar-refractivity contribution in [1.29, 1.82) is 0 Å². The molecule has 0 aromatic carbocycles. The van der Waals surface area contributed by atoms with Crippen LogP contribution in [0.3, 0.4) is 0 Å². The van der Waals surface area contributed by atoms with Gasteiger partial charge in [-0.2, -0.15) is 74.6 Å². The zero-order valence-electron chi connectivity index (χ0n) is 14.0. The summed E-state index contributed by atoms with van der Waals surface area (Å²) in [7, 11) is 0. The highest BCUT2D eigenvalue weighted by Gasteiger charge is 2.89. The second-order valence-corrected chi connectivity index (χ2v) is 6.25. The molecule has 0 aliphatic rings. The lowest BCUT2D eigenvalue weighted by molar-refractivity contribution is -0.418. The fraction of sp³-hybridized carbons (Fsp3) is 1.00. The van der Waals surface area contributed by atoms with Crippen LogP contribution >= 0.6 is 0 Å². The van der Waals surface area contributed by atoms with Gasteiger partial charge < -0.3 is 5.73 Å². The maximum absolute atomic E-state index is 13.9. The van der Waals surface area contributed by atoms with Crippen molar-refractivity contribution in [3.63, 3.8) is 0 Å². The average molecular weight is 491 g/mol. The van der Waals surface area contributed by atoms with E-state index in [1.165, 1.54) is 0 Å². The molecule has 0 aromatic heterocycles. The highest BCUT2D eigenvalue weighted by Crippen LogP contribution is 2.61. The Hall–Kier alpha value is -1.23. The third-order valence-electron chi connectivity index (χ3n) is 4.15. The molecule has 1 unspecified atom stereocenters. The zero-order valence-corrected chi connectivity index (χ0v) is 14.0. The number of rotatable bonds is 7. The first-order chi connectivity index (χ1) is 12.6. The summed E-state index contributed by atoms with van der Waals surface area (Å²) in [5, 5.41) is 0. The molecule has 0 saturated carbocycles. The van der Waals surface area contributed by atoms with Gasteiger partial charge in [0.25, 0.3) is 0 Å². The van der Waals surface area contributed by atoms with E-state index in [-0.39, 0.29) is 6.92 Å². The van der Waals surface area contributed by atoms with Gasteiger partial charge >= 0.3 is 42.2 Å². The third kappa shape index (κ3) is 4.24. The number of hydrogen-bond donors (Lipinski definition) is 1. The van der Waals surface area contributed by atoms with Crippen molar-refractivity contribution in [3.8, 4) is 0 Å². The predicted octanol–water partition coefficient (Wildman–Crippen LogP) is 6.33. The molecule has 0 spiro atoms. The minimum atomic E-state index is -7.73. The SMILES string of the molecule is CC(CCC(N)(C(F)(F)C(F)(F)C(F)(F)F)C(F)(F)C(F)(F)C(F)(F)F)C(F)(F)F. The smallest absolute Gasteiger partial charge is 0.315 e. The van der Waals surface area contributed by atoms with Crippen LogP contribution in [0, 0.1) is 5.92 Å². The van der Waals surface area contributed by atoms with E-state index in [9.17, 15) is 74.6 Å². The Morgan fingerprint density at radius 2 is 0.800 bits per heavy atom. The van der Waals surface area contributed by atoms with Gasteiger partial charge in [0.1, 0.15) is 0 Å². The molecule has 1 nitrogen and oxygen atoms in total. The van der Waals surface area contributed by atoms with Crippen LogP contribution in [0.1, 0.15) is 19.8 Å². The highest BCUT2D eigenvalue weighted by atomic mass is 19.4. The largest absolute Gasteiger partial charge is 0.459 e. The summed E-state index contributed by atoms with van der Waals surface area (Å²) in [5.74, 6) is -33.8. The Bertz CT molecular complexity index is 557. The molecule has 182 valence electrons. The van der Waals surface area contributed by atoms with Crippen molar-refractivity contribution in [3.05, 3.63) is 0 Å². The second-order valence-electron chi connectivity index (χ2n) is 6.25. The molecule has 0 rings (SSSR count). The molecule has 0 radical (unpaired) electrons. The Kier molecular flexibility index (Phi) is 7.12. The molecule has 0 amide bonds. The van der Waals surface area contributed by atoms with Gasteiger partial charge in [0, 0.05) is 0 Å². The van der Waals surface area contributed by atoms with Gasteiger partial charge in [0.15, 0.2) is 5.54 Å². The van der Waals surface area contributed by atoms with Crippen LogP contribution in [0.25, 0.3) is 0 Å². The third-order valence-corrected chi connectivity index (χ3v) is 4.15. The van der Waals surface area contributed by atoms with E-state index in [2.05, 4.69) is 5.73 Å². The van der Waals surface area contributed by atoms with E-state index < -0.39 is 66.5 Å². The molecule has 0 fully saturated rings. The van der Waals surface area contributed by atoms with Gasteiger partial charge in [-0.3, -0.25) is 0 Å². The van der Waals surface area contributed by atoms with Crippen molar-refractivity contribution < 1.29 is 74.6 Å². The Balaban J connectivity index is 6.86. The zero-order chi connectivity index (χ0) is 25.0. The normalized spacial score (nSPS) is 17.3. The molecule has 2 N–H and O–H groups in total. The maximum Gasteiger partial charge on any atom is 0.459 e. The van der Waals surface area contributed by atoms with Crippen molar-refractivity contribution in [2.24, 2.45) is 11.7 Å².